The van der Waals surface area contributed by atoms with Crippen LogP contribution < -0.4 is 9.80 Å². The van der Waals surface area contributed by atoms with Gasteiger partial charge in [-0.25, -0.2) is 0 Å². The molecule has 0 amide bonds. The SMILES string of the molecule is CCCc1cc(Cc2ccc(N(CC3CO3)CC3CO3)c(CCC)c2)ccc1N(CC1CO1)CC1CO1. The van der Waals surface area contributed by atoms with E-state index >= 15 is 0 Å². The van der Waals surface area contributed by atoms with Crippen LogP contribution in [0.5, 0.6) is 0 Å². The highest BCUT2D eigenvalue weighted by molar-refractivity contribution is 5.58. The van der Waals surface area contributed by atoms with Crippen LogP contribution in [0.3, 0.4) is 0 Å². The summed E-state index contributed by atoms with van der Waals surface area (Å²) in [5.74, 6) is 0. The van der Waals surface area contributed by atoms with Crippen LogP contribution in [0.2, 0.25) is 0 Å². The van der Waals surface area contributed by atoms with Gasteiger partial charge in [0, 0.05) is 37.6 Å². The van der Waals surface area contributed by atoms with Crippen LogP contribution in [-0.2, 0) is 38.2 Å². The first-order valence-corrected chi connectivity index (χ1v) is 14.4. The third kappa shape index (κ3) is 7.05. The quantitative estimate of drug-likeness (QED) is 0.315. The lowest BCUT2D eigenvalue weighted by Gasteiger charge is -2.27. The Kier molecular flexibility index (Phi) is 7.70. The first-order valence-electron chi connectivity index (χ1n) is 14.4. The van der Waals surface area contributed by atoms with E-state index in [1.54, 1.807) is 0 Å². The van der Waals surface area contributed by atoms with E-state index in [2.05, 4.69) is 60.0 Å². The zero-order chi connectivity index (χ0) is 25.2. The second-order valence-corrected chi connectivity index (χ2v) is 11.2. The number of hydrogen-bond acceptors (Lipinski definition) is 6. The summed E-state index contributed by atoms with van der Waals surface area (Å²) in [5.41, 5.74) is 8.40. The summed E-state index contributed by atoms with van der Waals surface area (Å²) in [6.45, 7) is 12.0. The fourth-order valence-corrected chi connectivity index (χ4v) is 5.51. The molecule has 0 N–H and O–H groups in total. The number of rotatable bonds is 16. The van der Waals surface area contributed by atoms with Crippen molar-refractivity contribution in [2.24, 2.45) is 0 Å². The van der Waals surface area contributed by atoms with Crippen molar-refractivity contribution in [2.75, 3.05) is 62.4 Å². The second kappa shape index (κ2) is 11.3. The highest BCUT2D eigenvalue weighted by atomic mass is 16.6. The summed E-state index contributed by atoms with van der Waals surface area (Å²) in [5, 5.41) is 0. The maximum absolute atomic E-state index is 5.57. The molecule has 0 spiro atoms. The van der Waals surface area contributed by atoms with Gasteiger partial charge in [-0.2, -0.15) is 0 Å². The number of nitrogens with zero attached hydrogens (tertiary/aromatic N) is 2. The molecule has 0 aromatic heterocycles. The van der Waals surface area contributed by atoms with Crippen LogP contribution in [0.1, 0.15) is 48.9 Å². The molecule has 0 saturated carbocycles. The van der Waals surface area contributed by atoms with Crippen molar-refractivity contribution >= 4 is 11.4 Å². The lowest BCUT2D eigenvalue weighted by molar-refractivity contribution is 0.388. The number of aryl methyl sites for hydroxylation is 2. The molecule has 4 atom stereocenters. The van der Waals surface area contributed by atoms with Gasteiger partial charge < -0.3 is 28.7 Å². The maximum atomic E-state index is 5.57. The van der Waals surface area contributed by atoms with Gasteiger partial charge in [-0.1, -0.05) is 51.0 Å². The molecule has 4 saturated heterocycles. The fourth-order valence-electron chi connectivity index (χ4n) is 5.51. The molecule has 0 bridgehead atoms. The van der Waals surface area contributed by atoms with Crippen LogP contribution in [0.15, 0.2) is 36.4 Å². The van der Waals surface area contributed by atoms with Gasteiger partial charge in [0.2, 0.25) is 0 Å². The number of hydrogen-bond donors (Lipinski definition) is 0. The second-order valence-electron chi connectivity index (χ2n) is 11.2. The normalized spacial score (nSPS) is 25.1. The van der Waals surface area contributed by atoms with Gasteiger partial charge in [-0.3, -0.25) is 0 Å². The van der Waals surface area contributed by atoms with Gasteiger partial charge in [0.1, 0.15) is 0 Å². The van der Waals surface area contributed by atoms with Crippen LogP contribution in [0.4, 0.5) is 11.4 Å². The van der Waals surface area contributed by atoms with Crippen molar-refractivity contribution in [3.8, 4) is 0 Å². The van der Waals surface area contributed by atoms with Gasteiger partial charge in [0.15, 0.2) is 0 Å². The first kappa shape index (κ1) is 25.2. The smallest absolute Gasteiger partial charge is 0.0984 e. The van der Waals surface area contributed by atoms with Crippen LogP contribution in [0, 0.1) is 0 Å². The summed E-state index contributed by atoms with van der Waals surface area (Å²) in [6, 6.07) is 14.2. The highest BCUT2D eigenvalue weighted by Gasteiger charge is 2.33. The molecule has 6 heteroatoms. The maximum Gasteiger partial charge on any atom is 0.0984 e. The lowest BCUT2D eigenvalue weighted by Crippen LogP contribution is -2.32. The average molecular weight is 507 g/mol. The standard InChI is InChI=1S/C31H42N2O4/c1-3-5-24-12-22(7-9-30(24)32(14-26-18-34-26)15-27-19-35-27)11-23-8-10-31(25(13-23)6-4-2)33(16-28-20-36-28)17-29-21-37-29/h7-10,12-13,26-29H,3-6,11,14-21H2,1-2H3. The van der Waals surface area contributed by atoms with Crippen LogP contribution >= 0.6 is 0 Å². The van der Waals surface area contributed by atoms with E-state index < -0.39 is 0 Å². The number of anilines is 2. The van der Waals surface area contributed by atoms with Crippen LogP contribution in [-0.4, -0.2) is 77.0 Å². The van der Waals surface area contributed by atoms with Crippen molar-refractivity contribution in [3.63, 3.8) is 0 Å². The Labute approximate surface area is 221 Å². The van der Waals surface area contributed by atoms with E-state index in [9.17, 15) is 0 Å². The minimum atomic E-state index is 0.376. The molecular formula is C31H42N2O4. The third-order valence-electron chi connectivity index (χ3n) is 7.72. The fraction of sp³-hybridized carbons (Fsp3) is 0.613. The number of benzene rings is 2. The predicted octanol–water partition coefficient (Wildman–Crippen LogP) is 4.39. The van der Waals surface area contributed by atoms with Gasteiger partial charge >= 0.3 is 0 Å². The van der Waals surface area contributed by atoms with E-state index in [0.717, 1.165) is 84.7 Å². The lowest BCUT2D eigenvalue weighted by atomic mass is 9.96. The van der Waals surface area contributed by atoms with Gasteiger partial charge in [-0.05, 0) is 53.6 Å². The third-order valence-corrected chi connectivity index (χ3v) is 7.72. The monoisotopic (exact) mass is 506 g/mol. The topological polar surface area (TPSA) is 56.6 Å². The molecule has 37 heavy (non-hydrogen) atoms. The molecule has 0 aliphatic carbocycles. The summed E-state index contributed by atoms with van der Waals surface area (Å²) >= 11 is 0. The molecule has 4 fully saturated rings. The molecule has 4 aliphatic rings. The predicted molar refractivity (Wildman–Crippen MR) is 147 cm³/mol. The Morgan fingerprint density at radius 2 is 0.946 bits per heavy atom. The summed E-state index contributed by atoms with van der Waals surface area (Å²) < 4.78 is 22.3. The Bertz CT molecular complexity index is 948. The molecule has 2 aromatic carbocycles. The highest BCUT2D eigenvalue weighted by Crippen LogP contribution is 2.31. The zero-order valence-electron chi connectivity index (χ0n) is 22.5. The molecule has 6 nitrogen and oxygen atoms in total. The molecule has 200 valence electrons. The molecule has 4 aliphatic heterocycles. The summed E-state index contributed by atoms with van der Waals surface area (Å²) in [7, 11) is 0. The minimum absolute atomic E-state index is 0.376. The number of ether oxygens (including phenoxy) is 4. The van der Waals surface area contributed by atoms with Crippen molar-refractivity contribution in [2.45, 2.75) is 70.4 Å². The molecular weight excluding hydrogens is 464 g/mol. The van der Waals surface area contributed by atoms with Crippen molar-refractivity contribution < 1.29 is 18.9 Å². The van der Waals surface area contributed by atoms with E-state index in [1.165, 1.54) is 33.6 Å². The molecule has 0 radical (unpaired) electrons. The van der Waals surface area contributed by atoms with Crippen molar-refractivity contribution in [1.29, 1.82) is 0 Å². The van der Waals surface area contributed by atoms with Gasteiger partial charge in [-0.15, -0.1) is 0 Å². The Morgan fingerprint density at radius 3 is 1.24 bits per heavy atom. The van der Waals surface area contributed by atoms with Crippen molar-refractivity contribution in [3.05, 3.63) is 58.7 Å². The van der Waals surface area contributed by atoms with E-state index in [0.29, 0.717) is 24.4 Å². The van der Waals surface area contributed by atoms with Crippen LogP contribution in [0.25, 0.3) is 0 Å². The summed E-state index contributed by atoms with van der Waals surface area (Å²) in [4.78, 5) is 5.00. The average Bonchev–Trinajstić information content (AvgIpc) is 3.70. The van der Waals surface area contributed by atoms with Gasteiger partial charge in [0.25, 0.3) is 0 Å². The Balaban J connectivity index is 1.21. The van der Waals surface area contributed by atoms with E-state index in [-0.39, 0.29) is 0 Å². The molecule has 2 aromatic rings. The van der Waals surface area contributed by atoms with E-state index in [1.807, 2.05) is 0 Å². The molecule has 6 rings (SSSR count). The molecule has 4 unspecified atom stereocenters. The Morgan fingerprint density at radius 1 is 0.595 bits per heavy atom. The molecule has 4 heterocycles. The summed E-state index contributed by atoms with van der Waals surface area (Å²) in [6.07, 6.45) is 6.94. The number of epoxide rings is 4. The van der Waals surface area contributed by atoms with Gasteiger partial charge in [0.05, 0.1) is 50.8 Å². The van der Waals surface area contributed by atoms with Crippen molar-refractivity contribution in [1.82, 2.24) is 0 Å². The Hall–Kier alpha value is -2.12. The zero-order valence-corrected chi connectivity index (χ0v) is 22.5. The van der Waals surface area contributed by atoms with E-state index in [4.69, 9.17) is 18.9 Å². The minimum Gasteiger partial charge on any atom is -0.371 e. The largest absolute Gasteiger partial charge is 0.371 e. The first-order chi connectivity index (χ1) is 18.2.